The van der Waals surface area contributed by atoms with Crippen molar-refractivity contribution in [3.8, 4) is 0 Å². The Morgan fingerprint density at radius 1 is 1.45 bits per heavy atom. The summed E-state index contributed by atoms with van der Waals surface area (Å²) in [5.74, 6) is 0.527. The van der Waals surface area contributed by atoms with Crippen LogP contribution in [0, 0.1) is 12.8 Å². The van der Waals surface area contributed by atoms with Gasteiger partial charge in [-0.3, -0.25) is 9.58 Å². The summed E-state index contributed by atoms with van der Waals surface area (Å²) in [4.78, 5) is 2.39. The van der Waals surface area contributed by atoms with Gasteiger partial charge in [-0.05, 0) is 38.6 Å². The van der Waals surface area contributed by atoms with E-state index in [1.807, 2.05) is 14.0 Å². The van der Waals surface area contributed by atoms with Gasteiger partial charge in [0, 0.05) is 32.2 Å². The molecule has 6 nitrogen and oxygen atoms in total. The molecule has 1 aliphatic heterocycles. The number of sulfonamides is 1. The lowest BCUT2D eigenvalue weighted by molar-refractivity contribution is 0.162. The fourth-order valence-electron chi connectivity index (χ4n) is 3.06. The number of hydrogen-bond donors (Lipinski definition) is 1. The molecule has 126 valence electrons. The van der Waals surface area contributed by atoms with Crippen LogP contribution in [0.25, 0.3) is 0 Å². The van der Waals surface area contributed by atoms with Gasteiger partial charge in [0.2, 0.25) is 10.0 Å². The maximum atomic E-state index is 11.1. The highest BCUT2D eigenvalue weighted by molar-refractivity contribution is 7.88. The highest BCUT2D eigenvalue weighted by atomic mass is 35.5. The zero-order chi connectivity index (χ0) is 16.3. The molecular weight excluding hydrogens is 324 g/mol. The quantitative estimate of drug-likeness (QED) is 0.846. The summed E-state index contributed by atoms with van der Waals surface area (Å²) in [6, 6.07) is 0. The predicted octanol–water partition coefficient (Wildman–Crippen LogP) is 1.53. The average Bonchev–Trinajstić information content (AvgIpc) is 2.65. The maximum Gasteiger partial charge on any atom is 0.208 e. The fourth-order valence-corrected chi connectivity index (χ4v) is 3.78. The van der Waals surface area contributed by atoms with E-state index < -0.39 is 10.0 Å². The maximum absolute atomic E-state index is 11.1. The van der Waals surface area contributed by atoms with Crippen molar-refractivity contribution in [1.82, 2.24) is 19.4 Å². The van der Waals surface area contributed by atoms with Gasteiger partial charge in [-0.25, -0.2) is 13.1 Å². The minimum absolute atomic E-state index is 0.518. The SMILES string of the molecule is Cc1nn(C)c(Cl)c1CN1CCC[C@@H](CCNS(C)(=O)=O)C1. The highest BCUT2D eigenvalue weighted by Crippen LogP contribution is 2.25. The highest BCUT2D eigenvalue weighted by Gasteiger charge is 2.22. The molecule has 0 saturated carbocycles. The molecule has 0 spiro atoms. The number of likely N-dealkylation sites (tertiary alicyclic amines) is 1. The first-order chi connectivity index (χ1) is 10.3. The van der Waals surface area contributed by atoms with Gasteiger partial charge in [-0.1, -0.05) is 11.6 Å². The van der Waals surface area contributed by atoms with Crippen LogP contribution in [0.1, 0.15) is 30.5 Å². The monoisotopic (exact) mass is 348 g/mol. The van der Waals surface area contributed by atoms with Gasteiger partial charge in [0.1, 0.15) is 5.15 Å². The largest absolute Gasteiger partial charge is 0.299 e. The topological polar surface area (TPSA) is 67.2 Å². The van der Waals surface area contributed by atoms with Crippen molar-refractivity contribution in [2.24, 2.45) is 13.0 Å². The van der Waals surface area contributed by atoms with Crippen molar-refractivity contribution in [2.45, 2.75) is 32.7 Å². The number of piperidine rings is 1. The zero-order valence-corrected chi connectivity index (χ0v) is 15.0. The second-order valence-corrected chi connectivity index (χ2v) is 8.37. The molecule has 1 aromatic heterocycles. The van der Waals surface area contributed by atoms with Gasteiger partial charge in [0.05, 0.1) is 11.9 Å². The standard InChI is InChI=1S/C14H25ClN4O2S/c1-11-13(14(15)18(2)17-11)10-19-8-4-5-12(9-19)6-7-16-22(3,20)21/h12,16H,4-10H2,1-3H3/t12-/m0/s1. The summed E-state index contributed by atoms with van der Waals surface area (Å²) in [6.07, 6.45) is 4.37. The fraction of sp³-hybridized carbons (Fsp3) is 0.786. The molecule has 0 aliphatic carbocycles. The second-order valence-electron chi connectivity index (χ2n) is 6.18. The van der Waals surface area contributed by atoms with E-state index in [1.54, 1.807) is 4.68 Å². The Labute approximate surface area is 137 Å². The molecule has 8 heteroatoms. The molecule has 0 aromatic carbocycles. The van der Waals surface area contributed by atoms with Crippen molar-refractivity contribution in [2.75, 3.05) is 25.9 Å². The lowest BCUT2D eigenvalue weighted by Crippen LogP contribution is -2.36. The summed E-state index contributed by atoms with van der Waals surface area (Å²) in [5, 5.41) is 5.06. The number of nitrogens with zero attached hydrogens (tertiary/aromatic N) is 3. The van der Waals surface area contributed by atoms with Gasteiger partial charge in [0.15, 0.2) is 0 Å². The van der Waals surface area contributed by atoms with Gasteiger partial charge in [-0.2, -0.15) is 5.10 Å². The average molecular weight is 349 g/mol. The van der Waals surface area contributed by atoms with Crippen LogP contribution in [0.3, 0.4) is 0 Å². The van der Waals surface area contributed by atoms with Crippen LogP contribution in [0.2, 0.25) is 5.15 Å². The Bertz CT molecular complexity index is 615. The number of halogens is 1. The smallest absolute Gasteiger partial charge is 0.208 e. The summed E-state index contributed by atoms with van der Waals surface area (Å²) < 4.78 is 26.5. The normalized spacial score (nSPS) is 20.5. The number of hydrogen-bond acceptors (Lipinski definition) is 4. The minimum atomic E-state index is -3.09. The van der Waals surface area contributed by atoms with Gasteiger partial charge < -0.3 is 0 Å². The van der Waals surface area contributed by atoms with E-state index >= 15 is 0 Å². The van der Waals surface area contributed by atoms with Crippen molar-refractivity contribution in [3.63, 3.8) is 0 Å². The van der Waals surface area contributed by atoms with Gasteiger partial charge in [0.25, 0.3) is 0 Å². The molecule has 2 rings (SSSR count). The molecule has 1 aliphatic rings. The summed E-state index contributed by atoms with van der Waals surface area (Å²) >= 11 is 6.30. The third-order valence-electron chi connectivity index (χ3n) is 4.17. The summed E-state index contributed by atoms with van der Waals surface area (Å²) in [6.45, 7) is 5.36. The lowest BCUT2D eigenvalue weighted by atomic mass is 9.94. The van der Waals surface area contributed by atoms with E-state index in [-0.39, 0.29) is 0 Å². The van der Waals surface area contributed by atoms with Crippen LogP contribution in [0.15, 0.2) is 0 Å². The van der Waals surface area contributed by atoms with E-state index in [9.17, 15) is 8.42 Å². The number of aryl methyl sites for hydroxylation is 2. The van der Waals surface area contributed by atoms with Crippen LogP contribution < -0.4 is 4.72 Å². The Morgan fingerprint density at radius 2 is 2.18 bits per heavy atom. The molecular formula is C14H25ClN4O2S. The summed E-state index contributed by atoms with van der Waals surface area (Å²) in [5.41, 5.74) is 2.08. The van der Waals surface area contributed by atoms with Crippen LogP contribution in [0.4, 0.5) is 0 Å². The molecule has 1 saturated heterocycles. The number of nitrogens with one attached hydrogen (secondary N) is 1. The summed E-state index contributed by atoms with van der Waals surface area (Å²) in [7, 11) is -1.23. The Morgan fingerprint density at radius 3 is 2.77 bits per heavy atom. The lowest BCUT2D eigenvalue weighted by Gasteiger charge is -2.32. The van der Waals surface area contributed by atoms with Crippen molar-refractivity contribution in [3.05, 3.63) is 16.4 Å². The predicted molar refractivity (Wildman–Crippen MR) is 88.4 cm³/mol. The molecule has 0 radical (unpaired) electrons. The Kier molecular flexibility index (Phi) is 5.87. The third kappa shape index (κ3) is 4.94. The van der Waals surface area contributed by atoms with E-state index in [4.69, 9.17) is 11.6 Å². The van der Waals surface area contributed by atoms with E-state index in [1.165, 1.54) is 6.26 Å². The second kappa shape index (κ2) is 7.29. The molecule has 0 unspecified atom stereocenters. The van der Waals surface area contributed by atoms with Crippen LogP contribution in [-0.2, 0) is 23.6 Å². The molecule has 1 aromatic rings. The molecule has 1 atom stereocenters. The molecule has 1 fully saturated rings. The van der Waals surface area contributed by atoms with Crippen LogP contribution in [0.5, 0.6) is 0 Å². The van der Waals surface area contributed by atoms with E-state index in [0.29, 0.717) is 17.6 Å². The molecule has 1 N–H and O–H groups in total. The minimum Gasteiger partial charge on any atom is -0.299 e. The van der Waals surface area contributed by atoms with Gasteiger partial charge in [-0.15, -0.1) is 0 Å². The van der Waals surface area contributed by atoms with Crippen molar-refractivity contribution >= 4 is 21.6 Å². The first kappa shape index (κ1) is 17.7. The third-order valence-corrected chi connectivity index (χ3v) is 5.37. The molecule has 22 heavy (non-hydrogen) atoms. The van der Waals surface area contributed by atoms with E-state index in [2.05, 4.69) is 14.7 Å². The van der Waals surface area contributed by atoms with Crippen LogP contribution in [-0.4, -0.2) is 49.0 Å². The van der Waals surface area contributed by atoms with Crippen molar-refractivity contribution < 1.29 is 8.42 Å². The van der Waals surface area contributed by atoms with Crippen molar-refractivity contribution in [1.29, 1.82) is 0 Å². The first-order valence-corrected chi connectivity index (χ1v) is 9.88. The van der Waals surface area contributed by atoms with E-state index in [0.717, 1.165) is 50.2 Å². The Hall–Kier alpha value is -0.630. The zero-order valence-electron chi connectivity index (χ0n) is 13.5. The first-order valence-electron chi connectivity index (χ1n) is 7.61. The Balaban J connectivity index is 1.88. The van der Waals surface area contributed by atoms with Crippen LogP contribution >= 0.6 is 11.6 Å². The molecule has 0 amide bonds. The van der Waals surface area contributed by atoms with Gasteiger partial charge >= 0.3 is 0 Å². The molecule has 0 bridgehead atoms. The number of rotatable bonds is 6. The number of aromatic nitrogens is 2. The molecule has 2 heterocycles.